The molecule has 0 bridgehead atoms. The van der Waals surface area contributed by atoms with Crippen LogP contribution in [0, 0.1) is 0 Å². The van der Waals surface area contributed by atoms with E-state index in [0.717, 1.165) is 0 Å². The van der Waals surface area contributed by atoms with Gasteiger partial charge in [-0.1, -0.05) is 64.1 Å². The highest BCUT2D eigenvalue weighted by atomic mass is 15.1. The van der Waals surface area contributed by atoms with Gasteiger partial charge in [-0.15, -0.1) is 0 Å². The van der Waals surface area contributed by atoms with E-state index in [-0.39, 0.29) is 0 Å². The third-order valence-electron chi connectivity index (χ3n) is 4.68. The van der Waals surface area contributed by atoms with Crippen LogP contribution in [0.4, 0.5) is 0 Å². The summed E-state index contributed by atoms with van der Waals surface area (Å²) in [6.07, 6.45) is 3.98. The third-order valence-corrected chi connectivity index (χ3v) is 4.68. The quantitative estimate of drug-likeness (QED) is 0.480. The average Bonchev–Trinajstić information content (AvgIpc) is 3.21. The Kier molecular flexibility index (Phi) is 4.93. The summed E-state index contributed by atoms with van der Waals surface area (Å²) in [7, 11) is 2.11. The number of aromatic nitrogens is 3. The second-order valence-corrected chi connectivity index (χ2v) is 7.20. The monoisotopic (exact) mass is 333 g/mol. The van der Waals surface area contributed by atoms with E-state index in [0.29, 0.717) is 11.8 Å². The Morgan fingerprint density at radius 3 is 2.16 bits per heavy atom. The van der Waals surface area contributed by atoms with Crippen molar-refractivity contribution in [3.8, 4) is 0 Å². The molecule has 2 aromatic carbocycles. The molecule has 2 heterocycles. The number of hydrogen-bond donors (Lipinski definition) is 1. The third kappa shape index (κ3) is 3.46. The fourth-order valence-electron chi connectivity index (χ4n) is 3.33. The van der Waals surface area contributed by atoms with Crippen molar-refractivity contribution in [2.24, 2.45) is 7.05 Å². The summed E-state index contributed by atoms with van der Waals surface area (Å²) in [6.45, 7) is 8.86. The lowest BCUT2D eigenvalue weighted by atomic mass is 10.0. The summed E-state index contributed by atoms with van der Waals surface area (Å²) in [5.74, 6) is 1.14. The first-order chi connectivity index (χ1) is 12.0. The molecule has 1 N–H and O–H groups in total. The van der Waals surface area contributed by atoms with Crippen molar-refractivity contribution in [1.29, 1.82) is 0 Å². The molecule has 3 nitrogen and oxygen atoms in total. The van der Waals surface area contributed by atoms with Gasteiger partial charge in [-0.3, -0.25) is 5.10 Å². The molecule has 0 aliphatic carbocycles. The molecular formula is C22H27N3. The minimum atomic E-state index is 0.550. The molecule has 2 aromatic heterocycles. The van der Waals surface area contributed by atoms with Crippen molar-refractivity contribution in [3.63, 3.8) is 0 Å². The van der Waals surface area contributed by atoms with Crippen LogP contribution in [0.1, 0.15) is 50.7 Å². The van der Waals surface area contributed by atoms with E-state index in [4.69, 9.17) is 0 Å². The maximum atomic E-state index is 4.02. The van der Waals surface area contributed by atoms with Crippen LogP contribution in [0.5, 0.6) is 0 Å². The maximum absolute atomic E-state index is 4.02. The van der Waals surface area contributed by atoms with E-state index < -0.39 is 0 Å². The summed E-state index contributed by atoms with van der Waals surface area (Å²) in [5, 5.41) is 9.58. The number of rotatable bonds is 2. The molecule has 130 valence electrons. The molecule has 0 saturated carbocycles. The van der Waals surface area contributed by atoms with Crippen molar-refractivity contribution in [2.45, 2.75) is 39.5 Å². The first-order valence-corrected chi connectivity index (χ1v) is 8.95. The Balaban J connectivity index is 0.000000146. The van der Waals surface area contributed by atoms with Gasteiger partial charge in [-0.2, -0.15) is 5.10 Å². The van der Waals surface area contributed by atoms with Crippen molar-refractivity contribution in [3.05, 3.63) is 66.0 Å². The molecule has 0 saturated heterocycles. The zero-order valence-electron chi connectivity index (χ0n) is 15.7. The number of H-pyrrole nitrogens is 1. The topological polar surface area (TPSA) is 33.6 Å². The first-order valence-electron chi connectivity index (χ1n) is 8.95. The van der Waals surface area contributed by atoms with Gasteiger partial charge in [-0.25, -0.2) is 0 Å². The van der Waals surface area contributed by atoms with Crippen LogP contribution in [-0.4, -0.2) is 14.8 Å². The van der Waals surface area contributed by atoms with Crippen molar-refractivity contribution >= 4 is 21.8 Å². The van der Waals surface area contributed by atoms with Gasteiger partial charge >= 0.3 is 0 Å². The largest absolute Gasteiger partial charge is 0.350 e. The highest BCUT2D eigenvalue weighted by Gasteiger charge is 2.07. The molecule has 0 radical (unpaired) electrons. The van der Waals surface area contributed by atoms with Gasteiger partial charge < -0.3 is 4.57 Å². The minimum Gasteiger partial charge on any atom is -0.350 e. The van der Waals surface area contributed by atoms with E-state index in [2.05, 4.69) is 98.2 Å². The normalized spacial score (nSPS) is 11.3. The van der Waals surface area contributed by atoms with Gasteiger partial charge in [0.25, 0.3) is 0 Å². The lowest BCUT2D eigenvalue weighted by molar-refractivity contribution is 0.857. The Labute approximate surface area is 149 Å². The first kappa shape index (κ1) is 17.3. The SMILES string of the molecule is CC(C)c1cccc2ccn(C)c12.CC(C)c1cccc2cn[nH]c12. The van der Waals surface area contributed by atoms with Crippen LogP contribution in [0.25, 0.3) is 21.8 Å². The highest BCUT2D eigenvalue weighted by Crippen LogP contribution is 2.25. The predicted octanol–water partition coefficient (Wildman–Crippen LogP) is 5.99. The van der Waals surface area contributed by atoms with Crippen molar-refractivity contribution in [2.75, 3.05) is 0 Å². The Morgan fingerprint density at radius 2 is 1.48 bits per heavy atom. The Morgan fingerprint density at radius 1 is 0.840 bits per heavy atom. The second kappa shape index (κ2) is 7.14. The van der Waals surface area contributed by atoms with Gasteiger partial charge in [0.05, 0.1) is 17.2 Å². The van der Waals surface area contributed by atoms with Gasteiger partial charge in [0, 0.05) is 18.6 Å². The van der Waals surface area contributed by atoms with Gasteiger partial charge in [0.2, 0.25) is 0 Å². The molecule has 4 rings (SSSR count). The van der Waals surface area contributed by atoms with E-state index in [1.165, 1.54) is 32.9 Å². The zero-order valence-corrected chi connectivity index (χ0v) is 15.7. The predicted molar refractivity (Wildman–Crippen MR) is 107 cm³/mol. The van der Waals surface area contributed by atoms with Crippen LogP contribution in [0.3, 0.4) is 0 Å². The van der Waals surface area contributed by atoms with E-state index in [1.54, 1.807) is 0 Å². The van der Waals surface area contributed by atoms with Gasteiger partial charge in [0.1, 0.15) is 0 Å². The van der Waals surface area contributed by atoms with Crippen LogP contribution >= 0.6 is 0 Å². The number of aryl methyl sites for hydroxylation is 1. The fourth-order valence-corrected chi connectivity index (χ4v) is 3.33. The molecule has 0 aliphatic heterocycles. The molecular weight excluding hydrogens is 306 g/mol. The lowest BCUT2D eigenvalue weighted by Gasteiger charge is -2.08. The van der Waals surface area contributed by atoms with Crippen molar-refractivity contribution in [1.82, 2.24) is 14.8 Å². The maximum Gasteiger partial charge on any atom is 0.0684 e. The molecule has 0 atom stereocenters. The number of nitrogens with one attached hydrogen (secondary N) is 1. The molecule has 0 fully saturated rings. The fraction of sp³-hybridized carbons (Fsp3) is 0.318. The number of fused-ring (bicyclic) bond motifs is 2. The minimum absolute atomic E-state index is 0.550. The smallest absolute Gasteiger partial charge is 0.0684 e. The summed E-state index contributed by atoms with van der Waals surface area (Å²) in [4.78, 5) is 0. The number of hydrogen-bond acceptors (Lipinski definition) is 1. The standard InChI is InChI=1S/C12H15N.C10H12N2/c1-9(2)11-6-4-5-10-7-8-13(3)12(10)11;1-7(2)9-5-3-4-8-6-11-12-10(8)9/h4-9H,1-3H3;3-7H,1-2H3,(H,11,12). The molecule has 0 unspecified atom stereocenters. The Bertz CT molecular complexity index is 973. The van der Waals surface area contributed by atoms with Crippen molar-refractivity contribution < 1.29 is 0 Å². The summed E-state index contributed by atoms with van der Waals surface area (Å²) in [6, 6.07) is 15.0. The molecule has 0 spiro atoms. The summed E-state index contributed by atoms with van der Waals surface area (Å²) >= 11 is 0. The number of para-hydroxylation sites is 2. The summed E-state index contributed by atoms with van der Waals surface area (Å²) in [5.41, 5.74) is 5.32. The number of benzene rings is 2. The molecule has 0 amide bonds. The molecule has 25 heavy (non-hydrogen) atoms. The molecule has 3 heteroatoms. The molecule has 0 aliphatic rings. The van der Waals surface area contributed by atoms with Crippen LogP contribution in [-0.2, 0) is 7.05 Å². The second-order valence-electron chi connectivity index (χ2n) is 7.20. The number of nitrogens with zero attached hydrogens (tertiary/aromatic N) is 2. The number of aromatic amines is 1. The summed E-state index contributed by atoms with van der Waals surface area (Å²) < 4.78 is 2.20. The van der Waals surface area contributed by atoms with Gasteiger partial charge in [-0.05, 0) is 34.4 Å². The zero-order chi connectivity index (χ0) is 18.0. The average molecular weight is 333 g/mol. The van der Waals surface area contributed by atoms with Gasteiger partial charge in [0.15, 0.2) is 0 Å². The molecule has 4 aromatic rings. The van der Waals surface area contributed by atoms with E-state index in [9.17, 15) is 0 Å². The van der Waals surface area contributed by atoms with Crippen LogP contribution in [0.15, 0.2) is 54.9 Å². The lowest BCUT2D eigenvalue weighted by Crippen LogP contribution is -1.93. The van der Waals surface area contributed by atoms with E-state index in [1.807, 2.05) is 6.20 Å². The Hall–Kier alpha value is -2.55. The highest BCUT2D eigenvalue weighted by molar-refractivity contribution is 5.83. The van der Waals surface area contributed by atoms with Crippen LogP contribution in [0.2, 0.25) is 0 Å². The van der Waals surface area contributed by atoms with E-state index >= 15 is 0 Å². The van der Waals surface area contributed by atoms with Crippen LogP contribution < -0.4 is 0 Å².